The van der Waals surface area contributed by atoms with Crippen molar-refractivity contribution >= 4 is 196 Å². The van der Waals surface area contributed by atoms with Gasteiger partial charge in [-0.05, 0) is 192 Å². The summed E-state index contributed by atoms with van der Waals surface area (Å²) in [5.41, 5.74) is 6.39. The van der Waals surface area contributed by atoms with Gasteiger partial charge in [0, 0.05) is 231 Å². The standard InChI is InChI=1S/C54H59ClN8O10.C50H51ClN8O10/c1-54(2,3)73-48(67)22-19-41(59-45(64)12-6-5-9-23-62-46(65)20-21-47(62)66)51(69)56-36-15-13-33(14-16-36)50(68)57-37-17-18-40-34(28-37)29-42(58-40)52(70)63-32-35(31-55)49-39-11-8-7-10-38(39)44(30-43(49)63)72-53(71)61-26-24-60(4)25-27-61;1-56-21-23-57(24-22-56)50(68)69-41-27-40-46(36-8-5-4-7-35(36)41)32(28-51)29-59(40)49(67)39-26-31-25-34(14-15-37(31)54-39)53-47(65)30-10-12-33(13-11-30)52-48(66)38(16-19-45(63)64)55-42(60)9-3-2-6-20-58-43(61)17-18-44(58)62/h7-8,10-11,13-18,20-21,28-30,35,41,58H,5-6,9,12,19,22-27,31-32H2,1-4H3,(H,56,69)(H,57,68)(H,59,64);4-5,7-8,10-15,17-18,25-27,32,38,54H,2-3,6,9,16,19-24,28-29H2,1H3,(H,52,66)(H,53,65)(H,55,60)(H,63,64)/t35-,41+;32-,38+/m11/s1. The van der Waals surface area contributed by atoms with Crippen LogP contribution < -0.4 is 51.2 Å². The van der Waals surface area contributed by atoms with Gasteiger partial charge in [0.05, 0.1) is 11.4 Å². The number of likely N-dealkylation sites (N-methyl/N-ethyl adjacent to an activating group) is 2. The van der Waals surface area contributed by atoms with Gasteiger partial charge in [-0.1, -0.05) is 61.4 Å². The molecule has 0 aliphatic carbocycles. The number of hydrogen-bond acceptors (Lipinski definition) is 21. The summed E-state index contributed by atoms with van der Waals surface area (Å²) in [6.45, 7) is 11.4. The number of amides is 14. The molecule has 10 aromatic rings. The Bertz CT molecular complexity index is 6620. The van der Waals surface area contributed by atoms with E-state index in [1.807, 2.05) is 62.6 Å². The second-order valence-corrected chi connectivity index (χ2v) is 37.4. The number of H-pyrrole nitrogens is 2. The van der Waals surface area contributed by atoms with Crippen molar-refractivity contribution in [1.82, 2.24) is 50.0 Å². The van der Waals surface area contributed by atoms with Gasteiger partial charge < -0.3 is 90.6 Å². The molecule has 142 heavy (non-hydrogen) atoms. The quantitative estimate of drug-likeness (QED) is 0.00783. The molecule has 0 spiro atoms. The van der Waals surface area contributed by atoms with Crippen molar-refractivity contribution in [2.45, 2.75) is 127 Å². The highest BCUT2D eigenvalue weighted by Gasteiger charge is 2.40. The molecule has 740 valence electrons. The van der Waals surface area contributed by atoms with Gasteiger partial charge in [-0.3, -0.25) is 76.9 Å². The Kier molecular flexibility index (Phi) is 32.4. The highest BCUT2D eigenvalue weighted by atomic mass is 35.5. The van der Waals surface area contributed by atoms with E-state index in [9.17, 15) is 81.8 Å². The summed E-state index contributed by atoms with van der Waals surface area (Å²) in [4.78, 5) is 226. The van der Waals surface area contributed by atoms with Gasteiger partial charge >= 0.3 is 24.1 Å². The number of aromatic nitrogens is 2. The van der Waals surface area contributed by atoms with Crippen molar-refractivity contribution in [1.29, 1.82) is 0 Å². The third-order valence-corrected chi connectivity index (χ3v) is 26.2. The lowest BCUT2D eigenvalue weighted by molar-refractivity contribution is -0.155. The summed E-state index contributed by atoms with van der Waals surface area (Å²) < 4.78 is 17.5. The number of carboxylic acid groups (broad SMARTS) is 1. The van der Waals surface area contributed by atoms with Crippen LogP contribution in [0.15, 0.2) is 182 Å². The van der Waals surface area contributed by atoms with Crippen LogP contribution in [0.25, 0.3) is 43.4 Å². The summed E-state index contributed by atoms with van der Waals surface area (Å²) in [5.74, 6) is -5.79. The summed E-state index contributed by atoms with van der Waals surface area (Å²) in [6, 6.07) is 42.6. The Balaban J connectivity index is 0.000000215. The molecule has 9 N–H and O–H groups in total. The number of anilines is 6. The first-order valence-electron chi connectivity index (χ1n) is 47.2. The number of halogens is 2. The van der Waals surface area contributed by atoms with Crippen LogP contribution >= 0.6 is 23.2 Å². The van der Waals surface area contributed by atoms with Crippen LogP contribution in [0.1, 0.15) is 162 Å². The minimum Gasteiger partial charge on any atom is -0.481 e. The van der Waals surface area contributed by atoms with Crippen LogP contribution in [0, 0.1) is 0 Å². The molecular formula is C104H110Cl2N16O20. The minimum absolute atomic E-state index is 0.0323. The molecule has 2 saturated heterocycles. The first kappa shape index (κ1) is 101. The largest absolute Gasteiger partial charge is 0.481 e. The molecule has 16 rings (SSSR count). The maximum Gasteiger partial charge on any atom is 0.415 e. The summed E-state index contributed by atoms with van der Waals surface area (Å²) in [6.07, 6.45) is 6.41. The Morgan fingerprint density at radius 2 is 0.810 bits per heavy atom. The van der Waals surface area contributed by atoms with Crippen molar-refractivity contribution in [3.8, 4) is 11.5 Å². The number of fused-ring (bicyclic) bond motifs is 8. The number of aromatic amines is 2. The Labute approximate surface area is 827 Å². The van der Waals surface area contributed by atoms with Crippen LogP contribution in [0.5, 0.6) is 11.5 Å². The van der Waals surface area contributed by atoms with Crippen LogP contribution in [-0.2, 0) is 52.7 Å². The van der Waals surface area contributed by atoms with Crippen molar-refractivity contribution < 1.29 is 96.0 Å². The van der Waals surface area contributed by atoms with Crippen molar-refractivity contribution in [2.75, 3.05) is 135 Å². The molecule has 0 unspecified atom stereocenters. The molecule has 36 nitrogen and oxygen atoms in total. The monoisotopic (exact) mass is 1970 g/mol. The number of carbonyl (C=O) groups is 16. The fraction of sp³-hybridized carbons (Fsp3) is 0.346. The number of aliphatic carboxylic acids is 1. The van der Waals surface area contributed by atoms with Gasteiger partial charge in [-0.15, -0.1) is 23.2 Å². The summed E-state index contributed by atoms with van der Waals surface area (Å²) in [7, 11) is 4.02. The Morgan fingerprint density at radius 1 is 0.437 bits per heavy atom. The number of rotatable bonds is 34. The van der Waals surface area contributed by atoms with Gasteiger partial charge in [-0.2, -0.15) is 0 Å². The normalized spacial score (nSPS) is 16.2. The average molecular weight is 1980 g/mol. The van der Waals surface area contributed by atoms with Gasteiger partial charge in [0.25, 0.3) is 47.3 Å². The first-order chi connectivity index (χ1) is 68.2. The second-order valence-electron chi connectivity index (χ2n) is 36.8. The fourth-order valence-corrected chi connectivity index (χ4v) is 18.4. The highest BCUT2D eigenvalue weighted by Crippen LogP contribution is 2.49. The number of esters is 1. The lowest BCUT2D eigenvalue weighted by atomic mass is 9.95. The van der Waals surface area contributed by atoms with E-state index in [0.29, 0.717) is 157 Å². The van der Waals surface area contributed by atoms with Crippen LogP contribution in [0.3, 0.4) is 0 Å². The number of carboxylic acids is 1. The van der Waals surface area contributed by atoms with Crippen LogP contribution in [0.2, 0.25) is 0 Å². The van der Waals surface area contributed by atoms with E-state index in [1.165, 1.54) is 60.7 Å². The zero-order valence-corrected chi connectivity index (χ0v) is 80.6. The number of carbonyl (C=O) groups excluding carboxylic acids is 15. The van der Waals surface area contributed by atoms with Gasteiger partial charge in [0.2, 0.25) is 23.6 Å². The van der Waals surface area contributed by atoms with Gasteiger partial charge in [-0.25, -0.2) is 9.59 Å². The van der Waals surface area contributed by atoms with Crippen molar-refractivity contribution in [3.63, 3.8) is 0 Å². The zero-order valence-electron chi connectivity index (χ0n) is 79.1. The summed E-state index contributed by atoms with van der Waals surface area (Å²) in [5, 5.41) is 30.4. The highest BCUT2D eigenvalue weighted by molar-refractivity contribution is 6.21. The molecule has 38 heteroatoms. The Morgan fingerprint density at radius 3 is 1.18 bits per heavy atom. The number of alkyl halides is 2. The molecule has 4 atom stereocenters. The molecule has 0 saturated carbocycles. The van der Waals surface area contributed by atoms with E-state index < -0.39 is 77.3 Å². The van der Waals surface area contributed by atoms with E-state index >= 15 is 0 Å². The summed E-state index contributed by atoms with van der Waals surface area (Å²) >= 11 is 13.1. The number of piperazine rings is 2. The second kappa shape index (κ2) is 45.4. The number of nitrogens with one attached hydrogen (secondary N) is 8. The zero-order chi connectivity index (χ0) is 101. The number of hydrogen-bond donors (Lipinski definition) is 9. The molecule has 8 heterocycles. The topological polar surface area (TPSA) is 451 Å². The molecule has 2 aromatic heterocycles. The lowest BCUT2D eigenvalue weighted by Crippen LogP contribution is -2.48. The van der Waals surface area contributed by atoms with E-state index in [-0.39, 0.29) is 122 Å². The van der Waals surface area contributed by atoms with Crippen molar-refractivity contribution in [3.05, 3.63) is 216 Å². The third-order valence-electron chi connectivity index (χ3n) is 25.5. The number of ether oxygens (including phenoxy) is 3. The molecule has 8 aromatic carbocycles. The predicted molar refractivity (Wildman–Crippen MR) is 535 cm³/mol. The number of benzene rings is 8. The van der Waals surface area contributed by atoms with E-state index in [2.05, 4.69) is 51.7 Å². The molecule has 6 aliphatic rings. The van der Waals surface area contributed by atoms with E-state index in [4.69, 9.17) is 37.4 Å². The molecule has 2 fully saturated rings. The molecular weight excluding hydrogens is 1860 g/mol. The van der Waals surface area contributed by atoms with Crippen LogP contribution in [0.4, 0.5) is 43.7 Å². The number of nitrogens with zero attached hydrogens (tertiary/aromatic N) is 8. The average Bonchev–Trinajstić information content (AvgIpc) is 1.63. The Hall–Kier alpha value is -15.1. The molecule has 14 amide bonds. The maximum absolute atomic E-state index is 14.4. The van der Waals surface area contributed by atoms with Crippen molar-refractivity contribution in [2.24, 2.45) is 0 Å². The first-order valence-corrected chi connectivity index (χ1v) is 48.2. The lowest BCUT2D eigenvalue weighted by Gasteiger charge is -2.31. The van der Waals surface area contributed by atoms with E-state index in [0.717, 1.165) is 68.7 Å². The number of imide groups is 2. The molecule has 0 radical (unpaired) electrons. The maximum atomic E-state index is 14.4. The predicted octanol–water partition coefficient (Wildman–Crippen LogP) is 13.4. The van der Waals surface area contributed by atoms with Crippen LogP contribution in [-0.4, -0.2) is 262 Å². The fourth-order valence-electron chi connectivity index (χ4n) is 17.9. The SMILES string of the molecule is CN1CCN(C(=O)Oc2cc3c(c4ccccc24)[C@H](CCl)CN3C(=O)c2cc3cc(NC(=O)c4ccc(NC(=O)[C@H](CCC(=O)O)NC(=O)CCCCCN5C(=O)C=CC5=O)cc4)ccc3[nH]2)CC1.CN1CCN(C(=O)Oc2cc3c(c4ccccc24)[C@H](CCl)CN3C(=O)c2cc3cc(NC(=O)c4ccc(NC(=O)[C@H](CCC(=O)OC(C)(C)C)NC(=O)CCCCCN5C(=O)C=CC5=O)cc4)ccc3[nH]2)CC1. The third kappa shape index (κ3) is 24.8. The minimum atomic E-state index is -1.15. The van der Waals surface area contributed by atoms with Gasteiger partial charge in [0.1, 0.15) is 40.6 Å². The smallest absolute Gasteiger partial charge is 0.415 e. The number of unbranched alkanes of at least 4 members (excludes halogenated alkanes) is 4. The molecule has 0 bridgehead atoms. The van der Waals surface area contributed by atoms with Gasteiger partial charge in [0.15, 0.2) is 0 Å². The van der Waals surface area contributed by atoms with E-state index in [1.54, 1.807) is 113 Å². The molecule has 6 aliphatic heterocycles.